The zero-order valence-electron chi connectivity index (χ0n) is 18.1. The van der Waals surface area contributed by atoms with E-state index >= 15 is 0 Å². The van der Waals surface area contributed by atoms with Gasteiger partial charge in [0.25, 0.3) is 11.8 Å². The average molecular weight is 518 g/mol. The molecule has 5 N–H and O–H groups in total. The summed E-state index contributed by atoms with van der Waals surface area (Å²) in [5.74, 6) is -2.16. The van der Waals surface area contributed by atoms with Gasteiger partial charge in [-0.25, -0.2) is 9.78 Å². The molecule has 2 aliphatic rings. The zero-order valence-corrected chi connectivity index (χ0v) is 19.8. The SMILES string of the molecule is CC(=O)c1ccc(OCC2=C(C(=O)O)N3C(=O)C(NC(=O)C(=NO)c4csc(N)n4)[C@@H]3SC2)cc1. The molecule has 0 saturated carbocycles. The third-order valence-electron chi connectivity index (χ3n) is 5.29. The maximum Gasteiger partial charge on any atom is 0.352 e. The van der Waals surface area contributed by atoms with Crippen LogP contribution in [0, 0.1) is 0 Å². The fourth-order valence-electron chi connectivity index (χ4n) is 3.57. The Morgan fingerprint density at radius 3 is 2.60 bits per heavy atom. The number of carboxylic acid groups (broad SMARTS) is 1. The van der Waals surface area contributed by atoms with Crippen LogP contribution in [0.2, 0.25) is 0 Å². The number of benzene rings is 1. The maximum absolute atomic E-state index is 12.8. The molecule has 1 unspecified atom stereocenters. The highest BCUT2D eigenvalue weighted by Gasteiger charge is 2.54. The molecule has 0 bridgehead atoms. The van der Waals surface area contributed by atoms with Gasteiger partial charge in [0.05, 0.1) is 0 Å². The topological polar surface area (TPSA) is 185 Å². The van der Waals surface area contributed by atoms with Gasteiger partial charge in [0, 0.05) is 22.3 Å². The number of hydrogen-bond acceptors (Lipinski definition) is 11. The van der Waals surface area contributed by atoms with E-state index in [9.17, 15) is 29.5 Å². The number of β-lactam (4-membered cyclic amide) rings is 1. The van der Waals surface area contributed by atoms with E-state index in [1.165, 1.54) is 24.1 Å². The molecule has 0 aliphatic carbocycles. The van der Waals surface area contributed by atoms with Crippen molar-refractivity contribution in [1.29, 1.82) is 0 Å². The van der Waals surface area contributed by atoms with E-state index in [0.29, 0.717) is 16.9 Å². The minimum absolute atomic E-state index is 0.0503. The first-order chi connectivity index (χ1) is 16.7. The van der Waals surface area contributed by atoms with Crippen molar-refractivity contribution in [3.05, 3.63) is 52.2 Å². The van der Waals surface area contributed by atoms with Gasteiger partial charge < -0.3 is 26.1 Å². The Balaban J connectivity index is 1.46. The molecule has 182 valence electrons. The van der Waals surface area contributed by atoms with Crippen LogP contribution in [-0.4, -0.2) is 73.3 Å². The van der Waals surface area contributed by atoms with Gasteiger partial charge in [-0.1, -0.05) is 5.16 Å². The van der Waals surface area contributed by atoms with Crippen molar-refractivity contribution in [1.82, 2.24) is 15.2 Å². The van der Waals surface area contributed by atoms with Crippen LogP contribution in [-0.2, 0) is 14.4 Å². The number of thioether (sulfide) groups is 1. The third-order valence-corrected chi connectivity index (χ3v) is 7.30. The molecule has 1 aromatic carbocycles. The lowest BCUT2D eigenvalue weighted by atomic mass is 10.0. The second-order valence-corrected chi connectivity index (χ2v) is 9.50. The van der Waals surface area contributed by atoms with Gasteiger partial charge in [0.2, 0.25) is 0 Å². The molecule has 1 saturated heterocycles. The van der Waals surface area contributed by atoms with E-state index < -0.39 is 34.9 Å². The Kier molecular flexibility index (Phi) is 6.75. The fraction of sp³-hybridized carbons (Fsp3) is 0.238. The standard InChI is InChI=1S/C21H19N5O7S2/c1-9(27)10-2-4-12(5-3-10)33-6-11-7-34-19-15(18(29)26(19)16(11)20(30)31)24-17(28)14(25-32)13-8-35-21(22)23-13/h2-5,8,15,19,32H,6-7H2,1H3,(H2,22,23)(H,24,28)(H,30,31)/t15?,19-/m0/s1. The number of nitrogens with zero attached hydrogens (tertiary/aromatic N) is 3. The number of hydrogen-bond donors (Lipinski definition) is 4. The molecule has 4 rings (SSSR count). The molecule has 1 fully saturated rings. The van der Waals surface area contributed by atoms with Gasteiger partial charge in [0.15, 0.2) is 16.6 Å². The number of aliphatic carboxylic acids is 1. The number of nitrogens with one attached hydrogen (secondary N) is 1. The number of Topliss-reactive ketones (excluding diaryl/α,β-unsaturated/α-hetero) is 1. The van der Waals surface area contributed by atoms with Crippen LogP contribution in [0.4, 0.5) is 5.13 Å². The molecule has 2 amide bonds. The summed E-state index contributed by atoms with van der Waals surface area (Å²) in [5.41, 5.74) is 5.89. The Hall–Kier alpha value is -3.91. The number of fused-ring (bicyclic) bond motifs is 1. The summed E-state index contributed by atoms with van der Waals surface area (Å²) in [4.78, 5) is 53.8. The number of amides is 2. The van der Waals surface area contributed by atoms with Crippen LogP contribution in [0.15, 0.2) is 46.1 Å². The van der Waals surface area contributed by atoms with Gasteiger partial charge in [0.1, 0.15) is 35.2 Å². The number of aromatic nitrogens is 1. The predicted molar refractivity (Wildman–Crippen MR) is 126 cm³/mol. The van der Waals surface area contributed by atoms with Gasteiger partial charge in [-0.3, -0.25) is 19.3 Å². The highest BCUT2D eigenvalue weighted by molar-refractivity contribution is 8.00. The molecular formula is C21H19N5O7S2. The molecule has 35 heavy (non-hydrogen) atoms. The number of carbonyl (C=O) groups is 4. The monoisotopic (exact) mass is 517 g/mol. The lowest BCUT2D eigenvalue weighted by Gasteiger charge is -2.49. The van der Waals surface area contributed by atoms with Crippen LogP contribution in [0.1, 0.15) is 23.0 Å². The first-order valence-electron chi connectivity index (χ1n) is 10.1. The van der Waals surface area contributed by atoms with Crippen molar-refractivity contribution >= 4 is 57.5 Å². The first-order valence-corrected chi connectivity index (χ1v) is 12.0. The highest BCUT2D eigenvalue weighted by atomic mass is 32.2. The molecule has 2 aliphatic heterocycles. The molecule has 2 aromatic rings. The molecule has 12 nitrogen and oxygen atoms in total. The largest absolute Gasteiger partial charge is 0.489 e. The summed E-state index contributed by atoms with van der Waals surface area (Å²) in [6.07, 6.45) is 0. The van der Waals surface area contributed by atoms with Crippen molar-refractivity contribution in [2.45, 2.75) is 18.3 Å². The maximum atomic E-state index is 12.8. The molecule has 2 atom stereocenters. The number of carbonyl (C=O) groups excluding carboxylic acids is 3. The fourth-order valence-corrected chi connectivity index (χ4v) is 5.44. The molecule has 3 heterocycles. The van der Waals surface area contributed by atoms with Gasteiger partial charge >= 0.3 is 5.97 Å². The van der Waals surface area contributed by atoms with Crippen molar-refractivity contribution in [2.75, 3.05) is 18.1 Å². The molecular weight excluding hydrogens is 498 g/mol. The number of anilines is 1. The van der Waals surface area contributed by atoms with Crippen LogP contribution in [0.3, 0.4) is 0 Å². The Labute approximate surface area is 206 Å². The van der Waals surface area contributed by atoms with Crippen molar-refractivity contribution in [2.24, 2.45) is 5.16 Å². The van der Waals surface area contributed by atoms with Crippen molar-refractivity contribution in [3.63, 3.8) is 0 Å². The third kappa shape index (κ3) is 4.70. The minimum atomic E-state index is -1.30. The van der Waals surface area contributed by atoms with E-state index in [1.54, 1.807) is 24.3 Å². The molecule has 0 radical (unpaired) electrons. The summed E-state index contributed by atoms with van der Waals surface area (Å²) in [6.45, 7) is 1.37. The number of nitrogen functional groups attached to an aromatic ring is 1. The molecule has 14 heteroatoms. The second-order valence-electron chi connectivity index (χ2n) is 7.51. The van der Waals surface area contributed by atoms with Crippen molar-refractivity contribution in [3.8, 4) is 5.75 Å². The smallest absolute Gasteiger partial charge is 0.352 e. The van der Waals surface area contributed by atoms with E-state index in [-0.39, 0.29) is 34.7 Å². The number of oxime groups is 1. The Morgan fingerprint density at radius 1 is 1.31 bits per heavy atom. The summed E-state index contributed by atoms with van der Waals surface area (Å²) in [6, 6.07) is 5.40. The number of rotatable bonds is 8. The van der Waals surface area contributed by atoms with Gasteiger partial charge in [-0.05, 0) is 31.2 Å². The molecule has 0 spiro atoms. The summed E-state index contributed by atoms with van der Waals surface area (Å²) in [5, 5.41) is 25.4. The van der Waals surface area contributed by atoms with Crippen molar-refractivity contribution < 1.29 is 34.2 Å². The van der Waals surface area contributed by atoms with E-state index in [4.69, 9.17) is 10.5 Å². The van der Waals surface area contributed by atoms with Crippen LogP contribution >= 0.6 is 23.1 Å². The minimum Gasteiger partial charge on any atom is -0.489 e. The van der Waals surface area contributed by atoms with Crippen LogP contribution < -0.4 is 15.8 Å². The summed E-state index contributed by atoms with van der Waals surface area (Å²) < 4.78 is 5.68. The summed E-state index contributed by atoms with van der Waals surface area (Å²) >= 11 is 2.31. The number of ether oxygens (including phenoxy) is 1. The number of carboxylic acids is 1. The van der Waals surface area contributed by atoms with E-state index in [1.807, 2.05) is 0 Å². The number of ketones is 1. The Bertz CT molecular complexity index is 1270. The number of nitrogens with two attached hydrogens (primary N) is 1. The van der Waals surface area contributed by atoms with Gasteiger partial charge in [-0.15, -0.1) is 23.1 Å². The van der Waals surface area contributed by atoms with E-state index in [2.05, 4.69) is 15.5 Å². The quantitative estimate of drug-likeness (QED) is 0.129. The number of thiazole rings is 1. The lowest BCUT2D eigenvalue weighted by Crippen LogP contribution is -2.71. The summed E-state index contributed by atoms with van der Waals surface area (Å²) in [7, 11) is 0. The lowest BCUT2D eigenvalue weighted by molar-refractivity contribution is -0.150. The van der Waals surface area contributed by atoms with E-state index in [0.717, 1.165) is 16.2 Å². The first kappa shape index (κ1) is 24.2. The zero-order chi connectivity index (χ0) is 25.3. The second kappa shape index (κ2) is 9.76. The highest BCUT2D eigenvalue weighted by Crippen LogP contribution is 2.40. The Morgan fingerprint density at radius 2 is 2.03 bits per heavy atom. The van der Waals surface area contributed by atoms with Crippen LogP contribution in [0.25, 0.3) is 0 Å². The average Bonchev–Trinajstić information content (AvgIpc) is 3.26. The predicted octanol–water partition coefficient (Wildman–Crippen LogP) is 0.924. The normalized spacial score (nSPS) is 19.6. The van der Waals surface area contributed by atoms with Crippen LogP contribution in [0.5, 0.6) is 5.75 Å². The van der Waals surface area contributed by atoms with Gasteiger partial charge in [-0.2, -0.15) is 0 Å². The molecule has 1 aromatic heterocycles.